The van der Waals surface area contributed by atoms with Crippen molar-refractivity contribution in [3.05, 3.63) is 80.6 Å². The summed E-state index contributed by atoms with van der Waals surface area (Å²) in [5, 5.41) is 2.19. The molecule has 0 aliphatic heterocycles. The zero-order valence-corrected chi connectivity index (χ0v) is 19.4. The third kappa shape index (κ3) is 4.31. The molecule has 0 spiro atoms. The Kier molecular flexibility index (Phi) is 5.78. The van der Waals surface area contributed by atoms with E-state index >= 15 is 0 Å². The number of halogens is 4. The predicted octanol–water partition coefficient (Wildman–Crippen LogP) is 6.72. The summed E-state index contributed by atoms with van der Waals surface area (Å²) in [6.07, 6.45) is 3.69. The van der Waals surface area contributed by atoms with Crippen LogP contribution in [0.2, 0.25) is 15.1 Å². The maximum atomic E-state index is 15.0. The van der Waals surface area contributed by atoms with Crippen LogP contribution in [0, 0.1) is 5.82 Å². The van der Waals surface area contributed by atoms with Crippen LogP contribution in [0.1, 0.15) is 17.0 Å². The first-order valence-electron chi connectivity index (χ1n) is 9.85. The van der Waals surface area contributed by atoms with Crippen LogP contribution in [0.5, 0.6) is 11.5 Å². The van der Waals surface area contributed by atoms with Gasteiger partial charge in [-0.15, -0.1) is 0 Å². The van der Waals surface area contributed by atoms with Crippen molar-refractivity contribution in [1.82, 2.24) is 19.9 Å². The number of benzene rings is 2. The van der Waals surface area contributed by atoms with E-state index in [1.807, 2.05) is 0 Å². The van der Waals surface area contributed by atoms with Crippen molar-refractivity contribution >= 4 is 56.9 Å². The summed E-state index contributed by atoms with van der Waals surface area (Å²) >= 11 is 18.2. The number of fused-ring (bicyclic) bond motifs is 2. The molecule has 0 fully saturated rings. The fraction of sp³-hybridized carbons (Fsp3) is 0.130. The molecule has 0 aliphatic carbocycles. The van der Waals surface area contributed by atoms with Gasteiger partial charge in [-0.3, -0.25) is 0 Å². The number of aromatic amines is 2. The number of rotatable bonds is 6. The van der Waals surface area contributed by atoms with Gasteiger partial charge in [0.05, 0.1) is 33.2 Å². The van der Waals surface area contributed by atoms with Gasteiger partial charge in [0.25, 0.3) is 0 Å². The lowest BCUT2D eigenvalue weighted by atomic mass is 10.0. The van der Waals surface area contributed by atoms with Crippen molar-refractivity contribution in [2.45, 2.75) is 13.0 Å². The number of H-pyrrole nitrogens is 2. The van der Waals surface area contributed by atoms with Crippen molar-refractivity contribution in [2.24, 2.45) is 0 Å². The monoisotopic (exact) mass is 504 g/mol. The number of hydrogen-bond acceptors (Lipinski definition) is 4. The summed E-state index contributed by atoms with van der Waals surface area (Å²) in [6.45, 7) is 0.0751. The van der Waals surface area contributed by atoms with Gasteiger partial charge in [-0.25, -0.2) is 14.4 Å². The molecule has 3 aromatic heterocycles. The number of nitrogens with zero attached hydrogens (tertiary/aromatic N) is 2. The highest BCUT2D eigenvalue weighted by molar-refractivity contribution is 6.42. The fourth-order valence-electron chi connectivity index (χ4n) is 3.64. The summed E-state index contributed by atoms with van der Waals surface area (Å²) < 4.78 is 26.2. The minimum Gasteiger partial charge on any atom is -0.493 e. The van der Waals surface area contributed by atoms with Gasteiger partial charge in [0.1, 0.15) is 23.9 Å². The Morgan fingerprint density at radius 2 is 1.82 bits per heavy atom. The molecule has 2 aromatic carbocycles. The summed E-state index contributed by atoms with van der Waals surface area (Å²) in [6, 6.07) is 8.10. The van der Waals surface area contributed by atoms with Crippen LogP contribution in [0.15, 0.2) is 42.7 Å². The number of pyridine rings is 1. The van der Waals surface area contributed by atoms with Gasteiger partial charge in [-0.1, -0.05) is 34.8 Å². The zero-order chi connectivity index (χ0) is 23.1. The minimum atomic E-state index is -0.418. The Hall–Kier alpha value is -3.00. The lowest BCUT2D eigenvalue weighted by molar-refractivity contribution is 0.275. The summed E-state index contributed by atoms with van der Waals surface area (Å²) in [4.78, 5) is 14.9. The lowest BCUT2D eigenvalue weighted by Gasteiger charge is -2.12. The van der Waals surface area contributed by atoms with Gasteiger partial charge in [0.2, 0.25) is 0 Å². The number of ether oxygens (including phenoxy) is 2. The molecule has 168 valence electrons. The molecule has 33 heavy (non-hydrogen) atoms. The third-order valence-electron chi connectivity index (χ3n) is 5.23. The maximum Gasteiger partial charge on any atom is 0.164 e. The molecule has 0 bridgehead atoms. The molecular formula is C23H16Cl3FN4O2. The standard InChI is InChI=1S/C23H16Cl3FN4O2/c1-32-20-3-11(2-12-8-28-23-14(12)4-13(24)9-29-23)17(27)7-21(20)33-10-22-30-18-5-15(25)16(26)6-19(18)31-22/h3-9H,2,10H2,1H3,(H,28,29)(H,30,31). The van der Waals surface area contributed by atoms with Crippen molar-refractivity contribution < 1.29 is 13.9 Å². The second-order valence-corrected chi connectivity index (χ2v) is 8.64. The topological polar surface area (TPSA) is 75.8 Å². The first-order chi connectivity index (χ1) is 15.9. The van der Waals surface area contributed by atoms with Crippen LogP contribution < -0.4 is 9.47 Å². The minimum absolute atomic E-state index is 0.0751. The average molecular weight is 506 g/mol. The Morgan fingerprint density at radius 1 is 1.00 bits per heavy atom. The van der Waals surface area contributed by atoms with E-state index in [0.29, 0.717) is 49.8 Å². The highest BCUT2D eigenvalue weighted by atomic mass is 35.5. The van der Waals surface area contributed by atoms with Crippen LogP contribution in [-0.2, 0) is 13.0 Å². The van der Waals surface area contributed by atoms with E-state index in [1.165, 1.54) is 13.2 Å². The molecule has 0 saturated heterocycles. The molecule has 10 heteroatoms. The number of imidazole rings is 1. The number of aromatic nitrogens is 4. The highest BCUT2D eigenvalue weighted by Gasteiger charge is 2.16. The molecule has 0 unspecified atom stereocenters. The van der Waals surface area contributed by atoms with Crippen LogP contribution in [-0.4, -0.2) is 27.0 Å². The smallest absolute Gasteiger partial charge is 0.164 e. The molecule has 3 heterocycles. The maximum absolute atomic E-state index is 15.0. The van der Waals surface area contributed by atoms with Crippen molar-refractivity contribution in [1.29, 1.82) is 0 Å². The van der Waals surface area contributed by atoms with Crippen LogP contribution in [0.3, 0.4) is 0 Å². The Morgan fingerprint density at radius 3 is 2.64 bits per heavy atom. The average Bonchev–Trinajstić information content (AvgIpc) is 3.37. The fourth-order valence-corrected chi connectivity index (χ4v) is 4.12. The second kappa shape index (κ2) is 8.74. The molecule has 0 atom stereocenters. The van der Waals surface area contributed by atoms with E-state index in [9.17, 15) is 4.39 Å². The summed E-state index contributed by atoms with van der Waals surface area (Å²) in [5.74, 6) is 0.792. The molecule has 5 aromatic rings. The molecule has 0 saturated carbocycles. The molecule has 0 aliphatic rings. The molecule has 2 N–H and O–H groups in total. The van der Waals surface area contributed by atoms with E-state index < -0.39 is 5.82 Å². The molecule has 0 radical (unpaired) electrons. The van der Waals surface area contributed by atoms with E-state index in [4.69, 9.17) is 44.3 Å². The molecule has 0 amide bonds. The first-order valence-corrected chi connectivity index (χ1v) is 11.0. The van der Waals surface area contributed by atoms with Crippen molar-refractivity contribution in [2.75, 3.05) is 7.11 Å². The quantitative estimate of drug-likeness (QED) is 0.269. The van der Waals surface area contributed by atoms with Crippen molar-refractivity contribution in [3.63, 3.8) is 0 Å². The van der Waals surface area contributed by atoms with Gasteiger partial charge in [-0.2, -0.15) is 0 Å². The number of nitrogens with one attached hydrogen (secondary N) is 2. The first kappa shape index (κ1) is 21.8. The highest BCUT2D eigenvalue weighted by Crippen LogP contribution is 2.33. The SMILES string of the molecule is COc1cc(Cc2c[nH]c3ncc(Cl)cc23)c(F)cc1OCc1nc2cc(Cl)c(Cl)cc2[nH]1. The van der Waals surface area contributed by atoms with E-state index in [1.54, 1.807) is 36.7 Å². The van der Waals surface area contributed by atoms with Crippen molar-refractivity contribution in [3.8, 4) is 11.5 Å². The van der Waals surface area contributed by atoms with E-state index in [2.05, 4.69) is 19.9 Å². The Balaban J connectivity index is 1.39. The normalized spacial score (nSPS) is 11.4. The van der Waals surface area contributed by atoms with E-state index in [-0.39, 0.29) is 12.4 Å². The zero-order valence-electron chi connectivity index (χ0n) is 17.2. The Bertz CT molecular complexity index is 1460. The van der Waals surface area contributed by atoms with Gasteiger partial charge in [0, 0.05) is 30.3 Å². The summed E-state index contributed by atoms with van der Waals surface area (Å²) in [7, 11) is 1.50. The number of methoxy groups -OCH3 is 1. The molecule has 6 nitrogen and oxygen atoms in total. The van der Waals surface area contributed by atoms with Crippen LogP contribution >= 0.6 is 34.8 Å². The van der Waals surface area contributed by atoms with Crippen LogP contribution in [0.4, 0.5) is 4.39 Å². The Labute approximate surface area is 202 Å². The lowest BCUT2D eigenvalue weighted by Crippen LogP contribution is -2.02. The van der Waals surface area contributed by atoms with Gasteiger partial charge in [0.15, 0.2) is 11.5 Å². The number of hydrogen-bond donors (Lipinski definition) is 2. The summed E-state index contributed by atoms with van der Waals surface area (Å²) in [5.41, 5.74) is 3.40. The van der Waals surface area contributed by atoms with Gasteiger partial charge >= 0.3 is 0 Å². The van der Waals surface area contributed by atoms with Gasteiger partial charge in [-0.05, 0) is 35.4 Å². The van der Waals surface area contributed by atoms with E-state index in [0.717, 1.165) is 16.5 Å². The van der Waals surface area contributed by atoms with Crippen LogP contribution in [0.25, 0.3) is 22.1 Å². The largest absolute Gasteiger partial charge is 0.493 e. The van der Waals surface area contributed by atoms with Gasteiger partial charge < -0.3 is 19.4 Å². The second-order valence-electron chi connectivity index (χ2n) is 7.39. The molecule has 5 rings (SSSR count). The third-order valence-corrected chi connectivity index (χ3v) is 6.16. The predicted molar refractivity (Wildman–Crippen MR) is 127 cm³/mol. The molecular weight excluding hydrogens is 490 g/mol.